The summed E-state index contributed by atoms with van der Waals surface area (Å²) < 4.78 is 4.92. The molecular formula is C19H18Cl2N2O3. The van der Waals surface area contributed by atoms with Crippen molar-refractivity contribution in [3.63, 3.8) is 0 Å². The van der Waals surface area contributed by atoms with Gasteiger partial charge in [0.25, 0.3) is 0 Å². The summed E-state index contributed by atoms with van der Waals surface area (Å²) in [5.41, 5.74) is 2.71. The van der Waals surface area contributed by atoms with Crippen molar-refractivity contribution in [1.82, 2.24) is 4.90 Å². The first kappa shape index (κ1) is 18.7. The molecule has 1 atom stereocenters. The van der Waals surface area contributed by atoms with Crippen molar-refractivity contribution < 1.29 is 14.3 Å². The molecule has 3 rings (SSSR count). The van der Waals surface area contributed by atoms with Crippen molar-refractivity contribution in [2.75, 3.05) is 19.0 Å². The molecule has 1 heterocycles. The first-order valence-corrected chi connectivity index (χ1v) is 8.86. The molecule has 1 amide bonds. The van der Waals surface area contributed by atoms with Gasteiger partial charge >= 0.3 is 5.97 Å². The van der Waals surface area contributed by atoms with Crippen LogP contribution in [0.4, 0.5) is 5.69 Å². The third-order valence-electron chi connectivity index (χ3n) is 4.31. The predicted molar refractivity (Wildman–Crippen MR) is 101 cm³/mol. The first-order valence-electron chi connectivity index (χ1n) is 8.11. The number of fused-ring (bicyclic) bond motifs is 1. The standard InChI is InChI=1S/C19H18Cl2N2O3/c1-26-19(25)17-6-12-4-2-3-5-13(12)10-23(17)11-18(24)22-16-8-14(20)7-15(21)9-16/h2-5,7-9,17H,6,10-11H2,1H3,(H,22,24)/t17-/m0/s1. The Labute approximate surface area is 161 Å². The summed E-state index contributed by atoms with van der Waals surface area (Å²) in [5, 5.41) is 3.65. The summed E-state index contributed by atoms with van der Waals surface area (Å²) >= 11 is 11.9. The van der Waals surface area contributed by atoms with E-state index in [0.29, 0.717) is 28.7 Å². The highest BCUT2D eigenvalue weighted by Crippen LogP contribution is 2.25. The number of hydrogen-bond donors (Lipinski definition) is 1. The summed E-state index contributed by atoms with van der Waals surface area (Å²) in [6.45, 7) is 0.553. The molecule has 0 saturated heterocycles. The number of carbonyl (C=O) groups excluding carboxylic acids is 2. The van der Waals surface area contributed by atoms with Gasteiger partial charge < -0.3 is 10.1 Å². The molecule has 7 heteroatoms. The van der Waals surface area contributed by atoms with Gasteiger partial charge in [-0.25, -0.2) is 0 Å². The number of methoxy groups -OCH3 is 1. The number of hydrogen-bond acceptors (Lipinski definition) is 4. The molecule has 136 valence electrons. The predicted octanol–water partition coefficient (Wildman–Crippen LogP) is 3.53. The lowest BCUT2D eigenvalue weighted by molar-refractivity contribution is -0.148. The van der Waals surface area contributed by atoms with E-state index in [1.165, 1.54) is 7.11 Å². The van der Waals surface area contributed by atoms with Crippen molar-refractivity contribution in [3.8, 4) is 0 Å². The molecule has 0 bridgehead atoms. The van der Waals surface area contributed by atoms with Gasteiger partial charge in [0.05, 0.1) is 13.7 Å². The number of ether oxygens (including phenoxy) is 1. The summed E-state index contributed by atoms with van der Waals surface area (Å²) in [6.07, 6.45) is 0.513. The van der Waals surface area contributed by atoms with Gasteiger partial charge in [-0.3, -0.25) is 14.5 Å². The van der Waals surface area contributed by atoms with Crippen LogP contribution in [0.25, 0.3) is 0 Å². The summed E-state index contributed by atoms with van der Waals surface area (Å²) in [6, 6.07) is 12.2. The Morgan fingerprint density at radius 2 is 1.81 bits per heavy atom. The van der Waals surface area contributed by atoms with E-state index in [2.05, 4.69) is 5.32 Å². The molecule has 0 fully saturated rings. The molecule has 0 aromatic heterocycles. The zero-order chi connectivity index (χ0) is 18.7. The molecule has 1 N–H and O–H groups in total. The Morgan fingerprint density at radius 3 is 2.46 bits per heavy atom. The van der Waals surface area contributed by atoms with Gasteiger partial charge in [0.2, 0.25) is 5.91 Å². The Morgan fingerprint density at radius 1 is 1.15 bits per heavy atom. The molecule has 5 nitrogen and oxygen atoms in total. The first-order chi connectivity index (χ1) is 12.5. The van der Waals surface area contributed by atoms with E-state index < -0.39 is 6.04 Å². The van der Waals surface area contributed by atoms with Crippen LogP contribution < -0.4 is 5.32 Å². The molecule has 0 spiro atoms. The number of carbonyl (C=O) groups is 2. The number of amides is 1. The van der Waals surface area contributed by atoms with Crippen LogP contribution >= 0.6 is 23.2 Å². The molecule has 1 aliphatic rings. The van der Waals surface area contributed by atoms with E-state index in [1.54, 1.807) is 18.2 Å². The minimum Gasteiger partial charge on any atom is -0.468 e. The zero-order valence-corrected chi connectivity index (χ0v) is 15.7. The second kappa shape index (κ2) is 8.08. The smallest absolute Gasteiger partial charge is 0.323 e. The maximum absolute atomic E-state index is 12.5. The quantitative estimate of drug-likeness (QED) is 0.808. The van der Waals surface area contributed by atoms with E-state index in [0.717, 1.165) is 11.1 Å². The zero-order valence-electron chi connectivity index (χ0n) is 14.2. The van der Waals surface area contributed by atoms with Crippen molar-refractivity contribution in [2.24, 2.45) is 0 Å². The number of nitrogens with zero attached hydrogens (tertiary/aromatic N) is 1. The van der Waals surface area contributed by atoms with E-state index in [-0.39, 0.29) is 18.4 Å². The molecule has 2 aromatic rings. The van der Waals surface area contributed by atoms with Crippen molar-refractivity contribution in [1.29, 1.82) is 0 Å². The molecule has 0 saturated carbocycles. The van der Waals surface area contributed by atoms with Crippen molar-refractivity contribution in [3.05, 3.63) is 63.6 Å². The van der Waals surface area contributed by atoms with E-state index in [9.17, 15) is 9.59 Å². The largest absolute Gasteiger partial charge is 0.468 e. The van der Waals surface area contributed by atoms with Crippen LogP contribution in [0.15, 0.2) is 42.5 Å². The number of benzene rings is 2. The fraction of sp³-hybridized carbons (Fsp3) is 0.263. The van der Waals surface area contributed by atoms with Gasteiger partial charge in [-0.15, -0.1) is 0 Å². The maximum atomic E-state index is 12.5. The lowest BCUT2D eigenvalue weighted by atomic mass is 9.94. The fourth-order valence-corrected chi connectivity index (χ4v) is 3.65. The molecule has 0 aliphatic carbocycles. The highest BCUT2D eigenvalue weighted by molar-refractivity contribution is 6.35. The average Bonchev–Trinajstić information content (AvgIpc) is 2.59. The fourth-order valence-electron chi connectivity index (χ4n) is 3.12. The normalized spacial score (nSPS) is 16.7. The summed E-state index contributed by atoms with van der Waals surface area (Å²) in [5.74, 6) is -0.602. The Bertz CT molecular complexity index is 821. The number of anilines is 1. The molecular weight excluding hydrogens is 375 g/mol. The van der Waals surface area contributed by atoms with Crippen LogP contribution in [0.1, 0.15) is 11.1 Å². The maximum Gasteiger partial charge on any atom is 0.323 e. The van der Waals surface area contributed by atoms with E-state index in [1.807, 2.05) is 29.2 Å². The number of nitrogens with one attached hydrogen (secondary N) is 1. The van der Waals surface area contributed by atoms with Crippen LogP contribution in [-0.2, 0) is 27.3 Å². The lowest BCUT2D eigenvalue weighted by Gasteiger charge is -2.34. The Kier molecular flexibility index (Phi) is 5.81. The van der Waals surface area contributed by atoms with Crippen LogP contribution in [0, 0.1) is 0 Å². The SMILES string of the molecule is COC(=O)[C@@H]1Cc2ccccc2CN1CC(=O)Nc1cc(Cl)cc(Cl)c1. The molecule has 0 unspecified atom stereocenters. The van der Waals surface area contributed by atoms with Crippen molar-refractivity contribution in [2.45, 2.75) is 19.0 Å². The van der Waals surface area contributed by atoms with Gasteiger partial charge in [0.15, 0.2) is 0 Å². The Balaban J connectivity index is 1.75. The summed E-state index contributed by atoms with van der Waals surface area (Å²) in [4.78, 5) is 26.5. The van der Waals surface area contributed by atoms with Crippen LogP contribution in [0.3, 0.4) is 0 Å². The van der Waals surface area contributed by atoms with E-state index in [4.69, 9.17) is 27.9 Å². The highest BCUT2D eigenvalue weighted by Gasteiger charge is 2.33. The van der Waals surface area contributed by atoms with Gasteiger partial charge in [-0.1, -0.05) is 47.5 Å². The minimum absolute atomic E-state index is 0.0538. The molecule has 26 heavy (non-hydrogen) atoms. The number of rotatable bonds is 4. The third kappa shape index (κ3) is 4.36. The van der Waals surface area contributed by atoms with Crippen LogP contribution in [-0.4, -0.2) is 36.5 Å². The van der Waals surface area contributed by atoms with E-state index >= 15 is 0 Å². The minimum atomic E-state index is -0.497. The topological polar surface area (TPSA) is 58.6 Å². The monoisotopic (exact) mass is 392 g/mol. The Hall–Kier alpha value is -2.08. The van der Waals surface area contributed by atoms with Gasteiger partial charge in [-0.2, -0.15) is 0 Å². The van der Waals surface area contributed by atoms with Crippen LogP contribution in [0.2, 0.25) is 10.0 Å². The molecule has 1 aliphatic heterocycles. The highest BCUT2D eigenvalue weighted by atomic mass is 35.5. The van der Waals surface area contributed by atoms with Gasteiger partial charge in [0.1, 0.15) is 6.04 Å². The molecule has 0 radical (unpaired) electrons. The molecule has 2 aromatic carbocycles. The lowest BCUT2D eigenvalue weighted by Crippen LogP contribution is -2.49. The van der Waals surface area contributed by atoms with Crippen molar-refractivity contribution >= 4 is 40.8 Å². The van der Waals surface area contributed by atoms with Gasteiger partial charge in [-0.05, 0) is 35.7 Å². The van der Waals surface area contributed by atoms with Gasteiger partial charge in [0, 0.05) is 22.3 Å². The number of esters is 1. The third-order valence-corrected chi connectivity index (χ3v) is 4.75. The second-order valence-electron chi connectivity index (χ2n) is 6.12. The number of halogens is 2. The average molecular weight is 393 g/mol. The summed E-state index contributed by atoms with van der Waals surface area (Å²) in [7, 11) is 1.36. The second-order valence-corrected chi connectivity index (χ2v) is 7.00. The van der Waals surface area contributed by atoms with Crippen LogP contribution in [0.5, 0.6) is 0 Å².